The number of hydrogen-bond acceptors (Lipinski definition) is 6. The lowest BCUT2D eigenvalue weighted by Gasteiger charge is -2.53. The van der Waals surface area contributed by atoms with Gasteiger partial charge in [0.15, 0.2) is 11.5 Å². The molecule has 7 nitrogen and oxygen atoms in total. The highest BCUT2D eigenvalue weighted by molar-refractivity contribution is 6.06. The molecule has 1 aliphatic carbocycles. The van der Waals surface area contributed by atoms with Gasteiger partial charge in [0.25, 0.3) is 0 Å². The molecule has 0 unspecified atom stereocenters. The van der Waals surface area contributed by atoms with E-state index in [1.807, 2.05) is 17.0 Å². The Hall–Kier alpha value is -2.38. The molecule has 1 saturated carbocycles. The van der Waals surface area contributed by atoms with Crippen LogP contribution in [0.2, 0.25) is 0 Å². The molecular formula is C24H28N2O5. The number of ketones is 1. The lowest BCUT2D eigenvalue weighted by atomic mass is 9.55. The van der Waals surface area contributed by atoms with E-state index >= 15 is 0 Å². The largest absolute Gasteiger partial charge is 0.493 e. The van der Waals surface area contributed by atoms with Crippen LogP contribution in [0.25, 0.3) is 0 Å². The van der Waals surface area contributed by atoms with Crippen LogP contribution in [-0.4, -0.2) is 69.7 Å². The van der Waals surface area contributed by atoms with Crippen molar-refractivity contribution in [1.82, 2.24) is 4.90 Å². The average Bonchev–Trinajstić information content (AvgIpc) is 2.99. The molecule has 0 spiro atoms. The van der Waals surface area contributed by atoms with E-state index in [0.717, 1.165) is 24.3 Å². The molecule has 4 bridgehead atoms. The SMILES string of the molecule is COc1cc2c(cc1OC)[C@@]13CCN(C)CC4=CCO[C@H]5CC(=O)N2[C@H]1[C@@H]5[C@H]4CC3=O. The van der Waals surface area contributed by atoms with Gasteiger partial charge in [0.1, 0.15) is 5.78 Å². The van der Waals surface area contributed by atoms with Crippen LogP contribution in [0, 0.1) is 11.8 Å². The third kappa shape index (κ3) is 2.36. The van der Waals surface area contributed by atoms with E-state index in [9.17, 15) is 9.59 Å². The van der Waals surface area contributed by atoms with Crippen molar-refractivity contribution in [3.8, 4) is 11.5 Å². The molecule has 0 radical (unpaired) electrons. The van der Waals surface area contributed by atoms with Crippen LogP contribution in [0.1, 0.15) is 24.8 Å². The Balaban J connectivity index is 1.65. The van der Waals surface area contributed by atoms with E-state index in [0.29, 0.717) is 37.4 Å². The van der Waals surface area contributed by atoms with Crippen molar-refractivity contribution in [2.45, 2.75) is 36.8 Å². The van der Waals surface area contributed by atoms with Crippen LogP contribution in [0.15, 0.2) is 23.8 Å². The van der Waals surface area contributed by atoms with Gasteiger partial charge < -0.3 is 24.0 Å². The molecular weight excluding hydrogens is 396 g/mol. The molecule has 4 aliphatic heterocycles. The zero-order valence-electron chi connectivity index (χ0n) is 18.2. The van der Waals surface area contributed by atoms with Crippen molar-refractivity contribution >= 4 is 17.4 Å². The van der Waals surface area contributed by atoms with Crippen molar-refractivity contribution in [1.29, 1.82) is 0 Å². The maximum absolute atomic E-state index is 14.0. The number of rotatable bonds is 2. The first-order valence-corrected chi connectivity index (χ1v) is 11.1. The molecule has 5 atom stereocenters. The number of hydrogen-bond donors (Lipinski definition) is 0. The Bertz CT molecular complexity index is 1020. The van der Waals surface area contributed by atoms with Crippen LogP contribution in [0.3, 0.4) is 0 Å². The highest BCUT2D eigenvalue weighted by Gasteiger charge is 2.67. The normalized spacial score (nSPS) is 36.2. The number of Topliss-reactive ketones (excluding diaryl/α,β-unsaturated/α-hetero) is 1. The standard InChI is InChI=1S/C24H28N2O5/c1-25-6-5-24-15-9-17(29-2)18(30-3)10-16(15)26-21(28)11-19-22(23(24)26)14(8-20(24)27)13(12-25)4-7-31-19/h4,9-10,14,19,22-23H,5-8,11-12H2,1-3H3/t14-,19-,22+,23-,24+/m0/s1. The summed E-state index contributed by atoms with van der Waals surface area (Å²) in [6.07, 6.45) is 3.56. The van der Waals surface area contributed by atoms with Gasteiger partial charge in [-0.25, -0.2) is 0 Å². The van der Waals surface area contributed by atoms with E-state index in [1.165, 1.54) is 5.57 Å². The van der Waals surface area contributed by atoms with Crippen molar-refractivity contribution < 1.29 is 23.8 Å². The predicted octanol–water partition coefficient (Wildman–Crippen LogP) is 1.93. The lowest BCUT2D eigenvalue weighted by molar-refractivity contribution is -0.140. The van der Waals surface area contributed by atoms with Crippen molar-refractivity contribution in [2.75, 3.05) is 45.9 Å². The first-order chi connectivity index (χ1) is 15.0. The highest BCUT2D eigenvalue weighted by Crippen LogP contribution is 2.61. The number of amides is 1. The zero-order chi connectivity index (χ0) is 21.5. The smallest absolute Gasteiger partial charge is 0.229 e. The van der Waals surface area contributed by atoms with Crippen LogP contribution >= 0.6 is 0 Å². The number of carbonyl (C=O) groups is 2. The van der Waals surface area contributed by atoms with Crippen LogP contribution < -0.4 is 14.4 Å². The Morgan fingerprint density at radius 3 is 2.68 bits per heavy atom. The molecule has 6 rings (SSSR count). The lowest BCUT2D eigenvalue weighted by Crippen LogP contribution is -2.66. The summed E-state index contributed by atoms with van der Waals surface area (Å²) < 4.78 is 17.4. The van der Waals surface area contributed by atoms with Gasteiger partial charge in [-0.2, -0.15) is 0 Å². The van der Waals surface area contributed by atoms with Crippen LogP contribution in [0.4, 0.5) is 5.69 Å². The minimum absolute atomic E-state index is 0.0334. The molecule has 2 saturated heterocycles. The second-order valence-corrected chi connectivity index (χ2v) is 9.56. The predicted molar refractivity (Wildman–Crippen MR) is 114 cm³/mol. The number of nitrogens with zero attached hydrogens (tertiary/aromatic N) is 2. The molecule has 0 aromatic heterocycles. The summed E-state index contributed by atoms with van der Waals surface area (Å²) in [7, 11) is 5.32. The quantitative estimate of drug-likeness (QED) is 0.676. The van der Waals surface area contributed by atoms with Gasteiger partial charge in [-0.3, -0.25) is 9.59 Å². The highest BCUT2D eigenvalue weighted by atomic mass is 16.5. The Morgan fingerprint density at radius 2 is 1.90 bits per heavy atom. The van der Waals surface area contributed by atoms with Gasteiger partial charge in [0.2, 0.25) is 5.91 Å². The molecule has 1 aromatic rings. The molecule has 7 heteroatoms. The fourth-order valence-corrected chi connectivity index (χ4v) is 7.01. The van der Waals surface area contributed by atoms with E-state index in [-0.39, 0.29) is 35.7 Å². The van der Waals surface area contributed by atoms with Gasteiger partial charge in [-0.15, -0.1) is 0 Å². The number of methoxy groups -OCH3 is 2. The third-order valence-electron chi connectivity index (χ3n) is 8.30. The summed E-state index contributed by atoms with van der Waals surface area (Å²) in [4.78, 5) is 31.7. The number of benzene rings is 1. The number of likely N-dealkylation sites (N-methyl/N-ethyl adjacent to an activating group) is 1. The summed E-state index contributed by atoms with van der Waals surface area (Å²) in [6, 6.07) is 3.61. The van der Waals surface area contributed by atoms with Gasteiger partial charge >= 0.3 is 0 Å². The van der Waals surface area contributed by atoms with Crippen molar-refractivity contribution in [3.63, 3.8) is 0 Å². The summed E-state index contributed by atoms with van der Waals surface area (Å²) in [5.41, 5.74) is 2.27. The molecule has 5 aliphatic rings. The van der Waals surface area contributed by atoms with Gasteiger partial charge in [0.05, 0.1) is 50.5 Å². The van der Waals surface area contributed by atoms with Gasteiger partial charge in [-0.05, 0) is 37.6 Å². The van der Waals surface area contributed by atoms with Gasteiger partial charge in [0, 0.05) is 24.9 Å². The number of fused-ring (bicyclic) bond motifs is 2. The van der Waals surface area contributed by atoms with Crippen molar-refractivity contribution in [2.24, 2.45) is 11.8 Å². The monoisotopic (exact) mass is 424 g/mol. The third-order valence-corrected chi connectivity index (χ3v) is 8.30. The number of piperidine rings is 1. The molecule has 1 aromatic carbocycles. The zero-order valence-corrected chi connectivity index (χ0v) is 18.2. The Labute approximate surface area is 181 Å². The second kappa shape index (κ2) is 6.56. The second-order valence-electron chi connectivity index (χ2n) is 9.56. The number of anilines is 1. The minimum Gasteiger partial charge on any atom is -0.493 e. The average molecular weight is 424 g/mol. The Kier molecular flexibility index (Phi) is 4.09. The molecule has 1 amide bonds. The van der Waals surface area contributed by atoms with Crippen molar-refractivity contribution in [3.05, 3.63) is 29.3 Å². The van der Waals surface area contributed by atoms with E-state index in [4.69, 9.17) is 14.2 Å². The van der Waals surface area contributed by atoms with Crippen LogP contribution in [0.5, 0.6) is 11.5 Å². The van der Waals surface area contributed by atoms with E-state index in [2.05, 4.69) is 18.0 Å². The summed E-state index contributed by atoms with van der Waals surface area (Å²) >= 11 is 0. The summed E-state index contributed by atoms with van der Waals surface area (Å²) in [5, 5.41) is 0. The summed E-state index contributed by atoms with van der Waals surface area (Å²) in [5.74, 6) is 1.68. The Morgan fingerprint density at radius 1 is 1.13 bits per heavy atom. The fourth-order valence-electron chi connectivity index (χ4n) is 7.01. The fraction of sp³-hybridized carbons (Fsp3) is 0.583. The molecule has 4 heterocycles. The topological polar surface area (TPSA) is 68.3 Å². The van der Waals surface area contributed by atoms with Gasteiger partial charge in [-0.1, -0.05) is 11.6 Å². The maximum atomic E-state index is 14.0. The first kappa shape index (κ1) is 19.3. The van der Waals surface area contributed by atoms with E-state index < -0.39 is 5.41 Å². The molecule has 31 heavy (non-hydrogen) atoms. The van der Waals surface area contributed by atoms with Crippen LogP contribution in [-0.2, 0) is 19.7 Å². The first-order valence-electron chi connectivity index (χ1n) is 11.1. The number of ether oxygens (including phenoxy) is 3. The molecule has 0 N–H and O–H groups in total. The molecule has 164 valence electrons. The minimum atomic E-state index is -0.734. The number of carbonyl (C=O) groups excluding carboxylic acids is 2. The molecule has 3 fully saturated rings. The maximum Gasteiger partial charge on any atom is 0.229 e. The summed E-state index contributed by atoms with van der Waals surface area (Å²) in [6.45, 7) is 2.15. The van der Waals surface area contributed by atoms with E-state index in [1.54, 1.807) is 14.2 Å².